The van der Waals surface area contributed by atoms with Crippen LogP contribution in [-0.4, -0.2) is 15.0 Å². The van der Waals surface area contributed by atoms with Crippen LogP contribution in [0.5, 0.6) is 11.8 Å². The van der Waals surface area contributed by atoms with Gasteiger partial charge in [-0.05, 0) is 54.2 Å². The van der Waals surface area contributed by atoms with Crippen LogP contribution in [-0.2, 0) is 0 Å². The number of hydrogen-bond donors (Lipinski definition) is 0. The molecule has 0 radical (unpaired) electrons. The van der Waals surface area contributed by atoms with Crippen molar-refractivity contribution in [3.8, 4) is 11.8 Å². The van der Waals surface area contributed by atoms with Crippen molar-refractivity contribution in [3.63, 3.8) is 0 Å². The van der Waals surface area contributed by atoms with Crippen molar-refractivity contribution in [2.45, 2.75) is 13.8 Å². The van der Waals surface area contributed by atoms with Crippen LogP contribution < -0.4 is 4.74 Å². The molecule has 0 spiro atoms. The van der Waals surface area contributed by atoms with Crippen LogP contribution in [0.3, 0.4) is 0 Å². The van der Waals surface area contributed by atoms with E-state index in [1.807, 2.05) is 32.0 Å². The summed E-state index contributed by atoms with van der Waals surface area (Å²) in [5.74, 6) is 0.670. The highest BCUT2D eigenvalue weighted by Gasteiger charge is 2.07. The molecule has 0 N–H and O–H groups in total. The molecule has 0 fully saturated rings. The Labute approximate surface area is 109 Å². The molecule has 0 bridgehead atoms. The number of halogens is 2. The van der Waals surface area contributed by atoms with Crippen LogP contribution in [0.25, 0.3) is 0 Å². The molecule has 1 heterocycles. The molecule has 0 aliphatic rings. The zero-order valence-electron chi connectivity index (χ0n) is 9.24. The van der Waals surface area contributed by atoms with E-state index in [1.54, 1.807) is 0 Å². The summed E-state index contributed by atoms with van der Waals surface area (Å²) in [7, 11) is 0. The fourth-order valence-corrected chi connectivity index (χ4v) is 1.62. The van der Waals surface area contributed by atoms with E-state index in [2.05, 4.69) is 15.0 Å². The summed E-state index contributed by atoms with van der Waals surface area (Å²) in [5, 5.41) is 0.00983. The lowest BCUT2D eigenvalue weighted by Gasteiger charge is -2.07. The SMILES string of the molecule is Cc1ccc(C)c(Oc2nc(Cl)nc(Cl)n2)c1. The predicted octanol–water partition coefficient (Wildman–Crippen LogP) is 3.59. The number of benzene rings is 1. The van der Waals surface area contributed by atoms with Crippen molar-refractivity contribution in [2.75, 3.05) is 0 Å². The standard InChI is InChI=1S/C11H9Cl2N3O/c1-6-3-4-7(2)8(5-6)17-11-15-9(12)14-10(13)16-11/h3-5H,1-2H3. The van der Waals surface area contributed by atoms with Gasteiger partial charge in [0.25, 0.3) is 0 Å². The van der Waals surface area contributed by atoms with E-state index >= 15 is 0 Å². The molecule has 1 aromatic heterocycles. The summed E-state index contributed by atoms with van der Waals surface area (Å²) in [4.78, 5) is 11.3. The molecule has 2 aromatic rings. The van der Waals surface area contributed by atoms with E-state index in [9.17, 15) is 0 Å². The Hall–Kier alpha value is -1.39. The maximum absolute atomic E-state index is 5.66. The minimum Gasteiger partial charge on any atom is -0.424 e. The minimum absolute atomic E-state index is 0.00491. The molecule has 0 aliphatic carbocycles. The van der Waals surface area contributed by atoms with Gasteiger partial charge in [0, 0.05) is 0 Å². The monoisotopic (exact) mass is 269 g/mol. The van der Waals surface area contributed by atoms with Crippen LogP contribution in [0.1, 0.15) is 11.1 Å². The van der Waals surface area contributed by atoms with Crippen LogP contribution in [0, 0.1) is 13.8 Å². The molecule has 4 nitrogen and oxygen atoms in total. The topological polar surface area (TPSA) is 47.9 Å². The van der Waals surface area contributed by atoms with Crippen molar-refractivity contribution >= 4 is 23.2 Å². The molecule has 2 rings (SSSR count). The summed E-state index contributed by atoms with van der Waals surface area (Å²) >= 11 is 11.3. The zero-order valence-corrected chi connectivity index (χ0v) is 10.7. The van der Waals surface area contributed by atoms with Gasteiger partial charge >= 0.3 is 6.01 Å². The van der Waals surface area contributed by atoms with Gasteiger partial charge in [0.15, 0.2) is 0 Å². The first kappa shape index (κ1) is 12.1. The van der Waals surface area contributed by atoms with Gasteiger partial charge in [0.05, 0.1) is 0 Å². The van der Waals surface area contributed by atoms with Gasteiger partial charge < -0.3 is 4.74 Å². The van der Waals surface area contributed by atoms with Gasteiger partial charge in [-0.25, -0.2) is 0 Å². The molecular formula is C11H9Cl2N3O. The van der Waals surface area contributed by atoms with Crippen molar-refractivity contribution in [3.05, 3.63) is 39.9 Å². The Morgan fingerprint density at radius 2 is 1.65 bits per heavy atom. The Balaban J connectivity index is 2.34. The first-order valence-corrected chi connectivity index (χ1v) is 5.62. The summed E-state index contributed by atoms with van der Waals surface area (Å²) in [5.41, 5.74) is 2.06. The van der Waals surface area contributed by atoms with E-state index in [0.717, 1.165) is 11.1 Å². The Morgan fingerprint density at radius 3 is 2.29 bits per heavy atom. The van der Waals surface area contributed by atoms with Crippen molar-refractivity contribution in [2.24, 2.45) is 0 Å². The van der Waals surface area contributed by atoms with Crippen LogP contribution in [0.2, 0.25) is 10.6 Å². The fourth-order valence-electron chi connectivity index (χ4n) is 1.27. The lowest BCUT2D eigenvalue weighted by molar-refractivity contribution is 0.436. The van der Waals surface area contributed by atoms with E-state index in [-0.39, 0.29) is 16.6 Å². The van der Waals surface area contributed by atoms with Crippen molar-refractivity contribution in [1.29, 1.82) is 0 Å². The van der Waals surface area contributed by atoms with Gasteiger partial charge in [0.1, 0.15) is 5.75 Å². The van der Waals surface area contributed by atoms with E-state index in [1.165, 1.54) is 0 Å². The molecule has 17 heavy (non-hydrogen) atoms. The zero-order chi connectivity index (χ0) is 12.4. The van der Waals surface area contributed by atoms with E-state index < -0.39 is 0 Å². The third kappa shape index (κ3) is 3.05. The van der Waals surface area contributed by atoms with Gasteiger partial charge in [-0.2, -0.15) is 15.0 Å². The number of rotatable bonds is 2. The van der Waals surface area contributed by atoms with E-state index in [4.69, 9.17) is 27.9 Å². The molecule has 0 saturated heterocycles. The lowest BCUT2D eigenvalue weighted by atomic mass is 10.1. The largest absolute Gasteiger partial charge is 0.424 e. The number of ether oxygens (including phenoxy) is 1. The average Bonchev–Trinajstić information content (AvgIpc) is 2.22. The molecule has 1 aromatic carbocycles. The Morgan fingerprint density at radius 1 is 1.00 bits per heavy atom. The Bertz CT molecular complexity index is 540. The minimum atomic E-state index is 0.00491. The number of hydrogen-bond acceptors (Lipinski definition) is 4. The highest BCUT2D eigenvalue weighted by atomic mass is 35.5. The van der Waals surface area contributed by atoms with Gasteiger partial charge in [-0.15, -0.1) is 0 Å². The van der Waals surface area contributed by atoms with Crippen molar-refractivity contribution in [1.82, 2.24) is 15.0 Å². The molecule has 88 valence electrons. The molecule has 6 heteroatoms. The summed E-state index contributed by atoms with van der Waals surface area (Å²) in [6.07, 6.45) is 0. The summed E-state index contributed by atoms with van der Waals surface area (Å²) in [6.45, 7) is 3.90. The third-order valence-electron chi connectivity index (χ3n) is 2.11. The van der Waals surface area contributed by atoms with Crippen LogP contribution in [0.4, 0.5) is 0 Å². The fraction of sp³-hybridized carbons (Fsp3) is 0.182. The average molecular weight is 270 g/mol. The van der Waals surface area contributed by atoms with Crippen LogP contribution in [0.15, 0.2) is 18.2 Å². The Kier molecular flexibility index (Phi) is 3.45. The molecule has 0 atom stereocenters. The first-order chi connectivity index (χ1) is 8.04. The number of nitrogens with zero attached hydrogens (tertiary/aromatic N) is 3. The van der Waals surface area contributed by atoms with Gasteiger partial charge in [-0.1, -0.05) is 12.1 Å². The quantitative estimate of drug-likeness (QED) is 0.836. The summed E-state index contributed by atoms with van der Waals surface area (Å²) < 4.78 is 5.52. The highest BCUT2D eigenvalue weighted by molar-refractivity contribution is 6.31. The second-order valence-electron chi connectivity index (χ2n) is 3.53. The number of aromatic nitrogens is 3. The lowest BCUT2D eigenvalue weighted by Crippen LogP contribution is -1.96. The predicted molar refractivity (Wildman–Crippen MR) is 65.8 cm³/mol. The number of aryl methyl sites for hydroxylation is 2. The normalized spacial score (nSPS) is 10.4. The maximum atomic E-state index is 5.66. The second kappa shape index (κ2) is 4.85. The highest BCUT2D eigenvalue weighted by Crippen LogP contribution is 2.24. The maximum Gasteiger partial charge on any atom is 0.327 e. The van der Waals surface area contributed by atoms with Crippen molar-refractivity contribution < 1.29 is 4.74 Å². The van der Waals surface area contributed by atoms with Crippen LogP contribution >= 0.6 is 23.2 Å². The smallest absolute Gasteiger partial charge is 0.327 e. The molecule has 0 saturated carbocycles. The van der Waals surface area contributed by atoms with Gasteiger partial charge in [0.2, 0.25) is 10.6 Å². The van der Waals surface area contributed by atoms with E-state index in [0.29, 0.717) is 5.75 Å². The van der Waals surface area contributed by atoms with Gasteiger partial charge in [-0.3, -0.25) is 0 Å². The first-order valence-electron chi connectivity index (χ1n) is 4.87. The second-order valence-corrected chi connectivity index (χ2v) is 4.20. The molecular weight excluding hydrogens is 261 g/mol. The molecule has 0 amide bonds. The third-order valence-corrected chi connectivity index (χ3v) is 2.44. The molecule has 0 aliphatic heterocycles. The molecule has 0 unspecified atom stereocenters. The summed E-state index contributed by atoms with van der Waals surface area (Å²) in [6, 6.07) is 5.93.